The minimum Gasteiger partial charge on any atom is -0.308 e. The van der Waals surface area contributed by atoms with Crippen molar-refractivity contribution in [3.8, 4) is 0 Å². The Kier molecular flexibility index (Phi) is 6.44. The second-order valence-electron chi connectivity index (χ2n) is 6.98. The molecule has 0 saturated heterocycles. The van der Waals surface area contributed by atoms with Gasteiger partial charge in [-0.05, 0) is 70.0 Å². The van der Waals surface area contributed by atoms with E-state index < -0.39 is 10.0 Å². The molecule has 1 amide bonds. The van der Waals surface area contributed by atoms with Crippen LogP contribution < -0.4 is 4.90 Å². The lowest BCUT2D eigenvalue weighted by Gasteiger charge is -2.24. The van der Waals surface area contributed by atoms with E-state index in [1.165, 1.54) is 16.4 Å². The van der Waals surface area contributed by atoms with E-state index in [1.54, 1.807) is 24.1 Å². The molecule has 0 saturated carbocycles. The molecule has 0 atom stereocenters. The molecule has 146 valence electrons. The Morgan fingerprint density at radius 1 is 1.07 bits per heavy atom. The maximum atomic E-state index is 13.1. The Hall–Kier alpha value is -2.18. The van der Waals surface area contributed by atoms with Crippen molar-refractivity contribution in [1.82, 2.24) is 4.31 Å². The van der Waals surface area contributed by atoms with E-state index in [4.69, 9.17) is 0 Å². The highest BCUT2D eigenvalue weighted by atomic mass is 32.2. The molecule has 0 N–H and O–H groups in total. The quantitative estimate of drug-likeness (QED) is 0.752. The summed E-state index contributed by atoms with van der Waals surface area (Å²) in [7, 11) is -2.10. The van der Waals surface area contributed by atoms with Gasteiger partial charge in [-0.15, -0.1) is 0 Å². The van der Waals surface area contributed by atoms with Gasteiger partial charge in [0.25, 0.3) is 5.91 Å². The van der Waals surface area contributed by atoms with Crippen molar-refractivity contribution in [2.24, 2.45) is 0 Å². The molecule has 0 aliphatic rings. The van der Waals surface area contributed by atoms with E-state index >= 15 is 0 Å². The average Bonchev–Trinajstić information content (AvgIpc) is 2.64. The number of rotatable bonds is 6. The predicted octanol–water partition coefficient (Wildman–Crippen LogP) is 4.00. The number of sulfonamides is 1. The molecule has 2 aromatic carbocycles. The van der Waals surface area contributed by atoms with Gasteiger partial charge in [-0.2, -0.15) is 4.31 Å². The van der Waals surface area contributed by atoms with Gasteiger partial charge in [0.15, 0.2) is 0 Å². The fourth-order valence-corrected chi connectivity index (χ4v) is 4.24. The highest BCUT2D eigenvalue weighted by Crippen LogP contribution is 2.25. The first kappa shape index (κ1) is 21.1. The van der Waals surface area contributed by atoms with Crippen LogP contribution in [0.15, 0.2) is 47.4 Å². The van der Waals surface area contributed by atoms with E-state index in [2.05, 4.69) is 0 Å². The summed E-state index contributed by atoms with van der Waals surface area (Å²) in [6, 6.07) is 12.1. The summed E-state index contributed by atoms with van der Waals surface area (Å²) in [5.41, 5.74) is 3.27. The molecule has 0 heterocycles. The van der Waals surface area contributed by atoms with E-state index in [-0.39, 0.29) is 16.8 Å². The van der Waals surface area contributed by atoms with Gasteiger partial charge in [-0.3, -0.25) is 4.79 Å². The molecule has 0 radical (unpaired) electrons. The third-order valence-electron chi connectivity index (χ3n) is 4.70. The summed E-state index contributed by atoms with van der Waals surface area (Å²) in [4.78, 5) is 14.9. The molecule has 0 spiro atoms. The smallest absolute Gasteiger partial charge is 0.258 e. The summed E-state index contributed by atoms with van der Waals surface area (Å²) < 4.78 is 26.8. The van der Waals surface area contributed by atoms with Crippen LogP contribution in [0.3, 0.4) is 0 Å². The third kappa shape index (κ3) is 4.39. The normalized spacial score (nSPS) is 11.9. The molecular formula is C21H28N2O3S. The second-order valence-corrected chi connectivity index (χ2v) is 8.98. The van der Waals surface area contributed by atoms with Gasteiger partial charge < -0.3 is 4.90 Å². The van der Waals surface area contributed by atoms with Crippen molar-refractivity contribution in [1.29, 1.82) is 0 Å². The summed E-state index contributed by atoms with van der Waals surface area (Å²) in [5, 5.41) is 0. The number of benzene rings is 2. The lowest BCUT2D eigenvalue weighted by Crippen LogP contribution is -2.34. The van der Waals surface area contributed by atoms with Gasteiger partial charge in [-0.1, -0.05) is 18.2 Å². The summed E-state index contributed by atoms with van der Waals surface area (Å²) in [6.07, 6.45) is 0. The van der Waals surface area contributed by atoms with Gasteiger partial charge in [-0.25, -0.2) is 8.42 Å². The van der Waals surface area contributed by atoms with Crippen LogP contribution in [0.1, 0.15) is 42.3 Å². The van der Waals surface area contributed by atoms with Crippen LogP contribution in [-0.2, 0) is 10.0 Å². The maximum absolute atomic E-state index is 13.1. The van der Waals surface area contributed by atoms with Crippen LogP contribution >= 0.6 is 0 Å². The minimum atomic E-state index is -3.64. The second kappa shape index (κ2) is 8.23. The van der Waals surface area contributed by atoms with E-state index in [0.29, 0.717) is 12.1 Å². The number of carbonyl (C=O) groups is 1. The molecule has 2 rings (SSSR count). The predicted molar refractivity (Wildman–Crippen MR) is 110 cm³/mol. The van der Waals surface area contributed by atoms with Crippen molar-refractivity contribution in [2.75, 3.05) is 18.5 Å². The zero-order valence-electron chi connectivity index (χ0n) is 16.9. The number of carbonyl (C=O) groups excluding carboxylic acids is 1. The number of aryl methyl sites for hydroxylation is 2. The number of amides is 1. The SMILES string of the molecule is CCN(C(=O)c1cccc(S(=O)(=O)N(C)C(C)C)c1)c1cc(C)ccc1C. The molecule has 0 unspecified atom stereocenters. The minimum absolute atomic E-state index is 0.126. The summed E-state index contributed by atoms with van der Waals surface area (Å²) >= 11 is 0. The van der Waals surface area contributed by atoms with Crippen LogP contribution in [0.4, 0.5) is 5.69 Å². The first-order chi connectivity index (χ1) is 12.6. The Bertz CT molecular complexity index is 936. The fraction of sp³-hybridized carbons (Fsp3) is 0.381. The van der Waals surface area contributed by atoms with Gasteiger partial charge in [0.1, 0.15) is 0 Å². The Morgan fingerprint density at radius 2 is 1.74 bits per heavy atom. The lowest BCUT2D eigenvalue weighted by atomic mass is 10.1. The van der Waals surface area contributed by atoms with Crippen molar-refractivity contribution in [2.45, 2.75) is 45.6 Å². The molecule has 6 heteroatoms. The molecule has 2 aromatic rings. The lowest BCUT2D eigenvalue weighted by molar-refractivity contribution is 0.0988. The molecule has 0 aliphatic heterocycles. The molecule has 0 fully saturated rings. The monoisotopic (exact) mass is 388 g/mol. The topological polar surface area (TPSA) is 57.7 Å². The zero-order chi connectivity index (χ0) is 20.4. The van der Waals surface area contributed by atoms with Crippen LogP contribution in [0.5, 0.6) is 0 Å². The number of hydrogen-bond acceptors (Lipinski definition) is 3. The van der Waals surface area contributed by atoms with Crippen molar-refractivity contribution < 1.29 is 13.2 Å². The van der Waals surface area contributed by atoms with Gasteiger partial charge in [0.05, 0.1) is 4.90 Å². The van der Waals surface area contributed by atoms with E-state index in [0.717, 1.165) is 16.8 Å². The highest BCUT2D eigenvalue weighted by molar-refractivity contribution is 7.89. The molecule has 0 bridgehead atoms. The van der Waals surface area contributed by atoms with Gasteiger partial charge >= 0.3 is 0 Å². The highest BCUT2D eigenvalue weighted by Gasteiger charge is 2.25. The molecule has 0 aromatic heterocycles. The van der Waals surface area contributed by atoms with Crippen molar-refractivity contribution in [3.63, 3.8) is 0 Å². The Labute approximate surface area is 162 Å². The number of nitrogens with zero attached hydrogens (tertiary/aromatic N) is 2. The Balaban J connectivity index is 2.46. The summed E-state index contributed by atoms with van der Waals surface area (Å²) in [6.45, 7) is 9.97. The number of hydrogen-bond donors (Lipinski definition) is 0. The molecule has 27 heavy (non-hydrogen) atoms. The van der Waals surface area contributed by atoms with Crippen LogP contribution in [-0.4, -0.2) is 38.3 Å². The van der Waals surface area contributed by atoms with Crippen LogP contribution in [0.2, 0.25) is 0 Å². The first-order valence-corrected chi connectivity index (χ1v) is 10.5. The molecular weight excluding hydrogens is 360 g/mol. The Morgan fingerprint density at radius 3 is 2.33 bits per heavy atom. The number of anilines is 1. The standard InChI is InChI=1S/C21H28N2O3S/c1-7-23(20-13-16(4)11-12-17(20)5)21(24)18-9-8-10-19(14-18)27(25,26)22(6)15(2)3/h8-15H,7H2,1-6H3. The largest absolute Gasteiger partial charge is 0.308 e. The van der Waals surface area contributed by atoms with Crippen molar-refractivity contribution in [3.05, 3.63) is 59.2 Å². The van der Waals surface area contributed by atoms with E-state index in [1.807, 2.05) is 52.8 Å². The fourth-order valence-electron chi connectivity index (χ4n) is 2.82. The van der Waals surface area contributed by atoms with E-state index in [9.17, 15) is 13.2 Å². The van der Waals surface area contributed by atoms with Crippen LogP contribution in [0.25, 0.3) is 0 Å². The van der Waals surface area contributed by atoms with Gasteiger partial charge in [0, 0.05) is 30.9 Å². The molecule has 0 aliphatic carbocycles. The summed E-state index contributed by atoms with van der Waals surface area (Å²) in [5.74, 6) is -0.213. The zero-order valence-corrected chi connectivity index (χ0v) is 17.7. The first-order valence-electron chi connectivity index (χ1n) is 9.06. The average molecular weight is 389 g/mol. The van der Waals surface area contributed by atoms with Crippen molar-refractivity contribution >= 4 is 21.6 Å². The maximum Gasteiger partial charge on any atom is 0.258 e. The third-order valence-corrected chi connectivity index (χ3v) is 6.73. The molecule has 5 nitrogen and oxygen atoms in total. The van der Waals surface area contributed by atoms with Crippen LogP contribution in [0, 0.1) is 13.8 Å². The van der Waals surface area contributed by atoms with Gasteiger partial charge in [0.2, 0.25) is 10.0 Å².